The van der Waals surface area contributed by atoms with Gasteiger partial charge in [0.15, 0.2) is 0 Å². The molecule has 2 aromatic heterocycles. The van der Waals surface area contributed by atoms with Crippen LogP contribution in [0.2, 0.25) is 0 Å². The van der Waals surface area contributed by atoms with E-state index in [4.69, 9.17) is 0 Å². The summed E-state index contributed by atoms with van der Waals surface area (Å²) >= 11 is 0. The number of aliphatic imine (C=N–C) groups is 1. The van der Waals surface area contributed by atoms with E-state index in [-0.39, 0.29) is 5.91 Å². The lowest BCUT2D eigenvalue weighted by Crippen LogP contribution is -2.47. The molecule has 3 aromatic rings. The maximum atomic E-state index is 13.1. The van der Waals surface area contributed by atoms with Gasteiger partial charge in [0, 0.05) is 62.8 Å². The van der Waals surface area contributed by atoms with Crippen LogP contribution in [0.3, 0.4) is 0 Å². The minimum absolute atomic E-state index is 0.231. The summed E-state index contributed by atoms with van der Waals surface area (Å²) in [6.45, 7) is 9.65. The highest BCUT2D eigenvalue weighted by atomic mass is 16.1. The van der Waals surface area contributed by atoms with E-state index < -0.39 is 0 Å². The largest absolute Gasteiger partial charge is 0.354 e. The SMILES string of the molecule is C=N/C(=C\c1cc(-c2cnn(C)c2)ccc1C)NC(=O)c1ccnc(N2CCN(C3CC3)CC2)c1. The highest BCUT2D eigenvalue weighted by Crippen LogP contribution is 2.28. The lowest BCUT2D eigenvalue weighted by atomic mass is 10.0. The number of nitrogens with zero attached hydrogens (tertiary/aromatic N) is 6. The molecule has 1 saturated carbocycles. The number of pyridine rings is 1. The van der Waals surface area contributed by atoms with E-state index in [9.17, 15) is 4.79 Å². The van der Waals surface area contributed by atoms with Crippen LogP contribution in [0.15, 0.2) is 59.7 Å². The quantitative estimate of drug-likeness (QED) is 0.536. The number of piperazine rings is 1. The lowest BCUT2D eigenvalue weighted by Gasteiger charge is -2.35. The molecule has 0 unspecified atom stereocenters. The van der Waals surface area contributed by atoms with Crippen molar-refractivity contribution >= 4 is 24.5 Å². The average molecular weight is 470 g/mol. The van der Waals surface area contributed by atoms with Crippen LogP contribution in [0.5, 0.6) is 0 Å². The predicted molar refractivity (Wildman–Crippen MR) is 139 cm³/mol. The van der Waals surface area contributed by atoms with Gasteiger partial charge in [0.25, 0.3) is 5.91 Å². The van der Waals surface area contributed by atoms with Gasteiger partial charge < -0.3 is 10.2 Å². The third-order valence-corrected chi connectivity index (χ3v) is 6.73. The number of carbonyl (C=O) groups excluding carboxylic acids is 1. The molecular weight excluding hydrogens is 438 g/mol. The van der Waals surface area contributed by atoms with Crippen molar-refractivity contribution in [1.82, 2.24) is 25.0 Å². The minimum Gasteiger partial charge on any atom is -0.354 e. The molecule has 5 rings (SSSR count). The first-order chi connectivity index (χ1) is 17.0. The van der Waals surface area contributed by atoms with E-state index in [2.05, 4.69) is 55.1 Å². The van der Waals surface area contributed by atoms with Gasteiger partial charge in [-0.05, 0) is 67.4 Å². The van der Waals surface area contributed by atoms with Gasteiger partial charge >= 0.3 is 0 Å². The van der Waals surface area contributed by atoms with E-state index in [0.717, 1.165) is 60.3 Å². The highest BCUT2D eigenvalue weighted by molar-refractivity contribution is 5.96. The number of amides is 1. The Morgan fingerprint density at radius 2 is 1.94 bits per heavy atom. The van der Waals surface area contributed by atoms with Crippen LogP contribution in [-0.2, 0) is 7.05 Å². The van der Waals surface area contributed by atoms with Crippen LogP contribution < -0.4 is 10.2 Å². The van der Waals surface area contributed by atoms with Crippen molar-refractivity contribution in [3.8, 4) is 11.1 Å². The van der Waals surface area contributed by atoms with Crippen LogP contribution in [0.25, 0.3) is 17.2 Å². The fraction of sp³-hybridized carbons (Fsp3) is 0.333. The van der Waals surface area contributed by atoms with Crippen molar-refractivity contribution < 1.29 is 4.79 Å². The van der Waals surface area contributed by atoms with Crippen LogP contribution in [0.1, 0.15) is 34.3 Å². The van der Waals surface area contributed by atoms with Crippen molar-refractivity contribution in [2.75, 3.05) is 31.1 Å². The number of hydrogen-bond acceptors (Lipinski definition) is 6. The number of aromatic nitrogens is 3. The number of hydrogen-bond donors (Lipinski definition) is 1. The summed E-state index contributed by atoms with van der Waals surface area (Å²) in [6, 6.07) is 10.6. The highest BCUT2D eigenvalue weighted by Gasteiger charge is 2.31. The Bertz CT molecular complexity index is 1270. The molecule has 2 fully saturated rings. The Balaban J connectivity index is 1.30. The number of carbonyl (C=O) groups is 1. The van der Waals surface area contributed by atoms with E-state index in [0.29, 0.717) is 11.4 Å². The number of anilines is 1. The minimum atomic E-state index is -0.231. The van der Waals surface area contributed by atoms with Gasteiger partial charge in [-0.15, -0.1) is 0 Å². The number of benzene rings is 1. The zero-order valence-corrected chi connectivity index (χ0v) is 20.3. The second kappa shape index (κ2) is 9.84. The first-order valence-electron chi connectivity index (χ1n) is 12.0. The molecule has 1 saturated heterocycles. The average Bonchev–Trinajstić information content (AvgIpc) is 3.65. The van der Waals surface area contributed by atoms with Crippen molar-refractivity contribution in [2.45, 2.75) is 25.8 Å². The lowest BCUT2D eigenvalue weighted by molar-refractivity contribution is 0.0966. The standard InChI is InChI=1S/C27H31N7O/c1-19-4-5-20(23-17-30-32(3)18-23)14-22(19)15-25(28-2)31-27(35)21-8-9-29-26(16-21)34-12-10-33(11-13-34)24-6-7-24/h4-5,8-9,14-18,24H,2,6-7,10-13H2,1,3H3,(H,31,35)/b25-15+. The maximum absolute atomic E-state index is 13.1. The molecule has 0 bridgehead atoms. The summed E-state index contributed by atoms with van der Waals surface area (Å²) in [6.07, 6.45) is 10.0. The molecule has 0 radical (unpaired) electrons. The molecule has 1 N–H and O–H groups in total. The van der Waals surface area contributed by atoms with Crippen LogP contribution in [0.4, 0.5) is 5.82 Å². The van der Waals surface area contributed by atoms with E-state index in [1.165, 1.54) is 12.8 Å². The Kier molecular flexibility index (Phi) is 6.46. The maximum Gasteiger partial charge on any atom is 0.257 e. The normalized spacial score (nSPS) is 16.9. The van der Waals surface area contributed by atoms with Gasteiger partial charge in [-0.25, -0.2) is 9.98 Å². The van der Waals surface area contributed by atoms with Crippen molar-refractivity contribution in [3.63, 3.8) is 0 Å². The van der Waals surface area contributed by atoms with E-state index >= 15 is 0 Å². The summed E-state index contributed by atoms with van der Waals surface area (Å²) in [7, 11) is 1.90. The molecule has 2 aliphatic rings. The molecule has 1 aromatic carbocycles. The molecular formula is C27H31N7O. The smallest absolute Gasteiger partial charge is 0.257 e. The van der Waals surface area contributed by atoms with Crippen LogP contribution in [0, 0.1) is 6.92 Å². The van der Waals surface area contributed by atoms with Gasteiger partial charge in [-0.3, -0.25) is 14.4 Å². The fourth-order valence-corrected chi connectivity index (χ4v) is 4.49. The van der Waals surface area contributed by atoms with E-state index in [1.807, 2.05) is 38.5 Å². The Labute approximate surface area is 206 Å². The fourth-order valence-electron chi connectivity index (χ4n) is 4.49. The molecule has 8 nitrogen and oxygen atoms in total. The third kappa shape index (κ3) is 5.33. The Morgan fingerprint density at radius 1 is 1.14 bits per heavy atom. The predicted octanol–water partition coefficient (Wildman–Crippen LogP) is 3.50. The molecule has 8 heteroatoms. The monoisotopic (exact) mass is 469 g/mol. The molecule has 3 heterocycles. The van der Waals surface area contributed by atoms with E-state index in [1.54, 1.807) is 16.9 Å². The molecule has 1 amide bonds. The van der Waals surface area contributed by atoms with Gasteiger partial charge in [-0.2, -0.15) is 5.10 Å². The summed E-state index contributed by atoms with van der Waals surface area (Å²) < 4.78 is 1.78. The topological polar surface area (TPSA) is 78.6 Å². The summed E-state index contributed by atoms with van der Waals surface area (Å²) in [5, 5.41) is 7.16. The number of nitrogens with one attached hydrogen (secondary N) is 1. The Hall–Kier alpha value is -3.78. The van der Waals surface area contributed by atoms with Crippen LogP contribution in [-0.4, -0.2) is 64.5 Å². The first-order valence-corrected chi connectivity index (χ1v) is 12.0. The molecule has 0 atom stereocenters. The molecule has 1 aliphatic carbocycles. The summed E-state index contributed by atoms with van der Waals surface area (Å²) in [5.74, 6) is 1.01. The summed E-state index contributed by atoms with van der Waals surface area (Å²) in [5.41, 5.74) is 4.66. The zero-order chi connectivity index (χ0) is 24.4. The molecule has 0 spiro atoms. The van der Waals surface area contributed by atoms with Gasteiger partial charge in [0.1, 0.15) is 11.6 Å². The van der Waals surface area contributed by atoms with Gasteiger partial charge in [-0.1, -0.05) is 12.1 Å². The van der Waals surface area contributed by atoms with Crippen molar-refractivity contribution in [2.24, 2.45) is 12.0 Å². The van der Waals surface area contributed by atoms with Gasteiger partial charge in [0.05, 0.1) is 6.20 Å². The Morgan fingerprint density at radius 3 is 2.63 bits per heavy atom. The number of aryl methyl sites for hydroxylation is 2. The second-order valence-corrected chi connectivity index (χ2v) is 9.27. The first kappa shape index (κ1) is 23.0. The van der Waals surface area contributed by atoms with Crippen molar-refractivity contribution in [3.05, 3.63) is 71.4 Å². The second-order valence-electron chi connectivity index (χ2n) is 9.27. The summed E-state index contributed by atoms with van der Waals surface area (Å²) in [4.78, 5) is 26.5. The zero-order valence-electron chi connectivity index (χ0n) is 20.3. The van der Waals surface area contributed by atoms with Gasteiger partial charge in [0.2, 0.25) is 0 Å². The van der Waals surface area contributed by atoms with Crippen LogP contribution >= 0.6 is 0 Å². The third-order valence-electron chi connectivity index (χ3n) is 6.73. The van der Waals surface area contributed by atoms with Crippen molar-refractivity contribution in [1.29, 1.82) is 0 Å². The number of rotatable bonds is 7. The molecule has 1 aliphatic heterocycles. The molecule has 180 valence electrons. The molecule has 35 heavy (non-hydrogen) atoms.